The third kappa shape index (κ3) is 2.68. The lowest BCUT2D eigenvalue weighted by molar-refractivity contribution is 0.0961. The van der Waals surface area contributed by atoms with Crippen molar-refractivity contribution >= 4 is 11.5 Å². The number of fused-ring (bicyclic) bond motifs is 1. The van der Waals surface area contributed by atoms with E-state index < -0.39 is 0 Å². The number of para-hydroxylation sites is 1. The normalized spacial score (nSPS) is 13.2. The van der Waals surface area contributed by atoms with Crippen LogP contribution in [0.1, 0.15) is 22.8 Å². The Bertz CT molecular complexity index is 732. The van der Waals surface area contributed by atoms with Crippen LogP contribution in [0.5, 0.6) is 11.5 Å². The smallest absolute Gasteiger partial charge is 0.255 e. The first-order valence-electron chi connectivity index (χ1n) is 7.06. The van der Waals surface area contributed by atoms with E-state index in [2.05, 4.69) is 5.32 Å². The maximum Gasteiger partial charge on any atom is 0.255 e. The van der Waals surface area contributed by atoms with Crippen LogP contribution in [0.25, 0.3) is 5.57 Å². The summed E-state index contributed by atoms with van der Waals surface area (Å²) in [5.41, 5.74) is 3.42. The SMILES string of the molecule is COc1ccc(C(=O)NC2=C(C)c3ccccc3OC2)cc1. The standard InChI is InChI=1S/C18H17NO3/c1-12-15-5-3-4-6-17(15)22-11-16(12)19-18(20)13-7-9-14(21-2)10-8-13/h3-10H,11H2,1-2H3,(H,19,20). The summed E-state index contributed by atoms with van der Waals surface area (Å²) >= 11 is 0. The number of allylic oxidation sites excluding steroid dienone is 1. The lowest BCUT2D eigenvalue weighted by Crippen LogP contribution is -2.28. The molecular weight excluding hydrogens is 278 g/mol. The van der Waals surface area contributed by atoms with Gasteiger partial charge < -0.3 is 14.8 Å². The van der Waals surface area contributed by atoms with Crippen LogP contribution in [-0.4, -0.2) is 19.6 Å². The van der Waals surface area contributed by atoms with Crippen LogP contribution < -0.4 is 14.8 Å². The van der Waals surface area contributed by atoms with Gasteiger partial charge in [-0.05, 0) is 42.8 Å². The summed E-state index contributed by atoms with van der Waals surface area (Å²) in [6.07, 6.45) is 0. The van der Waals surface area contributed by atoms with Crippen LogP contribution in [0.3, 0.4) is 0 Å². The fourth-order valence-corrected chi connectivity index (χ4v) is 2.40. The van der Waals surface area contributed by atoms with Crippen LogP contribution >= 0.6 is 0 Å². The van der Waals surface area contributed by atoms with Gasteiger partial charge in [-0.25, -0.2) is 0 Å². The minimum atomic E-state index is -0.153. The number of carbonyl (C=O) groups is 1. The molecule has 0 fully saturated rings. The molecule has 0 spiro atoms. The largest absolute Gasteiger partial charge is 0.497 e. The molecule has 0 radical (unpaired) electrons. The Morgan fingerprint density at radius 1 is 1.14 bits per heavy atom. The molecule has 4 heteroatoms. The highest BCUT2D eigenvalue weighted by molar-refractivity contribution is 5.96. The van der Waals surface area contributed by atoms with Gasteiger partial charge in [-0.2, -0.15) is 0 Å². The molecule has 0 bridgehead atoms. The number of ether oxygens (including phenoxy) is 2. The number of rotatable bonds is 3. The highest BCUT2D eigenvalue weighted by atomic mass is 16.5. The number of amides is 1. The van der Waals surface area contributed by atoms with Crippen LogP contribution in [0.15, 0.2) is 54.2 Å². The first kappa shape index (κ1) is 14.2. The molecule has 0 saturated heterocycles. The van der Waals surface area contributed by atoms with E-state index in [1.54, 1.807) is 31.4 Å². The van der Waals surface area contributed by atoms with E-state index in [9.17, 15) is 4.79 Å². The summed E-state index contributed by atoms with van der Waals surface area (Å²) in [5.74, 6) is 1.42. The first-order chi connectivity index (χ1) is 10.7. The van der Waals surface area contributed by atoms with E-state index in [0.717, 1.165) is 28.3 Å². The first-order valence-corrected chi connectivity index (χ1v) is 7.06. The molecular formula is C18H17NO3. The third-order valence-electron chi connectivity index (χ3n) is 3.73. The molecule has 112 valence electrons. The second kappa shape index (κ2) is 5.93. The monoisotopic (exact) mass is 295 g/mol. The molecule has 22 heavy (non-hydrogen) atoms. The highest BCUT2D eigenvalue weighted by Crippen LogP contribution is 2.31. The molecule has 1 amide bonds. The summed E-state index contributed by atoms with van der Waals surface area (Å²) in [6, 6.07) is 14.8. The van der Waals surface area contributed by atoms with Gasteiger partial charge in [0.1, 0.15) is 18.1 Å². The lowest BCUT2D eigenvalue weighted by atomic mass is 10.0. The van der Waals surface area contributed by atoms with Crippen molar-refractivity contribution in [2.24, 2.45) is 0 Å². The third-order valence-corrected chi connectivity index (χ3v) is 3.73. The van der Waals surface area contributed by atoms with Crippen molar-refractivity contribution < 1.29 is 14.3 Å². The van der Waals surface area contributed by atoms with Crippen LogP contribution in [0.2, 0.25) is 0 Å². The molecule has 3 rings (SSSR count). The molecule has 0 unspecified atom stereocenters. The fraction of sp³-hybridized carbons (Fsp3) is 0.167. The zero-order valence-corrected chi connectivity index (χ0v) is 12.6. The summed E-state index contributed by atoms with van der Waals surface area (Å²) in [7, 11) is 1.60. The second-order valence-corrected chi connectivity index (χ2v) is 5.07. The van der Waals surface area contributed by atoms with Gasteiger partial charge in [0, 0.05) is 11.1 Å². The van der Waals surface area contributed by atoms with Crippen molar-refractivity contribution in [2.45, 2.75) is 6.92 Å². The maximum atomic E-state index is 12.3. The van der Waals surface area contributed by atoms with E-state index >= 15 is 0 Å². The molecule has 4 nitrogen and oxygen atoms in total. The molecule has 1 aliphatic rings. The molecule has 0 aliphatic carbocycles. The van der Waals surface area contributed by atoms with Crippen molar-refractivity contribution in [1.29, 1.82) is 0 Å². The van der Waals surface area contributed by atoms with E-state index in [1.165, 1.54) is 0 Å². The molecule has 0 atom stereocenters. The minimum Gasteiger partial charge on any atom is -0.497 e. The van der Waals surface area contributed by atoms with Gasteiger partial charge in [0.15, 0.2) is 0 Å². The van der Waals surface area contributed by atoms with Gasteiger partial charge in [-0.3, -0.25) is 4.79 Å². The number of benzene rings is 2. The van der Waals surface area contributed by atoms with E-state index in [4.69, 9.17) is 9.47 Å². The second-order valence-electron chi connectivity index (χ2n) is 5.07. The van der Waals surface area contributed by atoms with Crippen LogP contribution in [0.4, 0.5) is 0 Å². The quantitative estimate of drug-likeness (QED) is 0.945. The molecule has 1 N–H and O–H groups in total. The highest BCUT2D eigenvalue weighted by Gasteiger charge is 2.18. The molecule has 2 aromatic carbocycles. The summed E-state index contributed by atoms with van der Waals surface area (Å²) < 4.78 is 10.8. The number of hydrogen-bond donors (Lipinski definition) is 1. The Morgan fingerprint density at radius 3 is 2.59 bits per heavy atom. The van der Waals surface area contributed by atoms with Gasteiger partial charge in [0.2, 0.25) is 0 Å². The average Bonchev–Trinajstić information content (AvgIpc) is 2.57. The Hall–Kier alpha value is -2.75. The predicted octanol–water partition coefficient (Wildman–Crippen LogP) is 3.25. The molecule has 0 aromatic heterocycles. The minimum absolute atomic E-state index is 0.153. The zero-order valence-electron chi connectivity index (χ0n) is 12.6. The number of carbonyl (C=O) groups excluding carboxylic acids is 1. The van der Waals surface area contributed by atoms with Gasteiger partial charge in [-0.15, -0.1) is 0 Å². The Balaban J connectivity index is 1.82. The molecule has 0 saturated carbocycles. The number of hydrogen-bond acceptors (Lipinski definition) is 3. The molecule has 1 heterocycles. The van der Waals surface area contributed by atoms with Crippen molar-refractivity contribution in [3.05, 3.63) is 65.4 Å². The van der Waals surface area contributed by atoms with Gasteiger partial charge in [0.25, 0.3) is 5.91 Å². The summed E-state index contributed by atoms with van der Waals surface area (Å²) in [6.45, 7) is 2.36. The summed E-state index contributed by atoms with van der Waals surface area (Å²) in [5, 5.41) is 2.94. The number of methoxy groups -OCH3 is 1. The maximum absolute atomic E-state index is 12.3. The zero-order chi connectivity index (χ0) is 15.5. The van der Waals surface area contributed by atoms with Gasteiger partial charge in [-0.1, -0.05) is 18.2 Å². The predicted molar refractivity (Wildman–Crippen MR) is 85.0 cm³/mol. The van der Waals surface area contributed by atoms with E-state index in [0.29, 0.717) is 12.2 Å². The molecule has 2 aromatic rings. The molecule has 1 aliphatic heterocycles. The van der Waals surface area contributed by atoms with Crippen molar-refractivity contribution in [3.8, 4) is 11.5 Å². The van der Waals surface area contributed by atoms with Gasteiger partial charge in [0.05, 0.1) is 12.8 Å². The van der Waals surface area contributed by atoms with E-state index in [1.807, 2.05) is 31.2 Å². The van der Waals surface area contributed by atoms with E-state index in [-0.39, 0.29) is 5.91 Å². The van der Waals surface area contributed by atoms with Gasteiger partial charge >= 0.3 is 0 Å². The lowest BCUT2D eigenvalue weighted by Gasteiger charge is -2.22. The van der Waals surface area contributed by atoms with Crippen molar-refractivity contribution in [2.75, 3.05) is 13.7 Å². The number of nitrogens with one attached hydrogen (secondary N) is 1. The Kier molecular flexibility index (Phi) is 3.83. The van der Waals surface area contributed by atoms with Crippen LogP contribution in [-0.2, 0) is 0 Å². The topological polar surface area (TPSA) is 47.6 Å². The fourth-order valence-electron chi connectivity index (χ4n) is 2.40. The summed E-state index contributed by atoms with van der Waals surface area (Å²) in [4.78, 5) is 12.3. The average molecular weight is 295 g/mol. The Morgan fingerprint density at radius 2 is 1.86 bits per heavy atom. The Labute approximate surface area is 129 Å². The van der Waals surface area contributed by atoms with Crippen molar-refractivity contribution in [3.63, 3.8) is 0 Å². The van der Waals surface area contributed by atoms with Crippen molar-refractivity contribution in [1.82, 2.24) is 5.32 Å². The van der Waals surface area contributed by atoms with Crippen LogP contribution in [0, 0.1) is 0 Å².